The Morgan fingerprint density at radius 3 is 2.35 bits per heavy atom. The molecular weight excluding hydrogens is 324 g/mol. The van der Waals surface area contributed by atoms with Crippen molar-refractivity contribution < 1.29 is 28.7 Å². The highest BCUT2D eigenvalue weighted by Gasteiger charge is 2.64. The summed E-state index contributed by atoms with van der Waals surface area (Å²) in [4.78, 5) is 35.9. The zero-order chi connectivity index (χ0) is 15.2. The molecule has 0 radical (unpaired) electrons. The second-order valence-corrected chi connectivity index (χ2v) is 8.91. The summed E-state index contributed by atoms with van der Waals surface area (Å²) >= 11 is 4.01. The summed E-state index contributed by atoms with van der Waals surface area (Å²) in [5.41, 5.74) is 0.793. The van der Waals surface area contributed by atoms with Crippen molar-refractivity contribution in [3.63, 3.8) is 0 Å². The van der Waals surface area contributed by atoms with Crippen LogP contribution in [0.5, 0.6) is 0 Å². The molecule has 0 atom stereocenters. The largest absolute Gasteiger partial charge is 0.381 e. The molecule has 0 saturated heterocycles. The van der Waals surface area contributed by atoms with E-state index in [1.54, 1.807) is 12.2 Å². The third-order valence-corrected chi connectivity index (χ3v) is 7.70. The lowest BCUT2D eigenvalue weighted by Crippen LogP contribution is -2.29. The predicted octanol–water partition coefficient (Wildman–Crippen LogP) is 0.711. The SMILES string of the molecule is O=P(O)(O)C1(P(=O)(O)O)C=C2C=CCNC2=C1CCS. The molecule has 0 aromatic carbocycles. The lowest BCUT2D eigenvalue weighted by Gasteiger charge is -2.32. The molecule has 2 rings (SSSR count). The molecule has 0 aromatic heterocycles. The van der Waals surface area contributed by atoms with Crippen LogP contribution in [0.3, 0.4) is 0 Å². The molecule has 0 fully saturated rings. The molecule has 0 aromatic rings. The molecule has 0 saturated carbocycles. The molecule has 0 amide bonds. The molecule has 10 heteroatoms. The highest BCUT2D eigenvalue weighted by molar-refractivity contribution is 7.80. The van der Waals surface area contributed by atoms with Crippen molar-refractivity contribution in [1.29, 1.82) is 0 Å². The average molecular weight is 339 g/mol. The Labute approximate surface area is 121 Å². The third-order valence-electron chi connectivity index (χ3n) is 3.34. The predicted molar refractivity (Wildman–Crippen MR) is 77.5 cm³/mol. The quantitative estimate of drug-likeness (QED) is 0.329. The molecule has 1 aliphatic carbocycles. The number of allylic oxidation sites excluding steroid dienone is 3. The van der Waals surface area contributed by atoms with Gasteiger partial charge in [0.15, 0.2) is 0 Å². The molecule has 0 bridgehead atoms. The van der Waals surface area contributed by atoms with Gasteiger partial charge < -0.3 is 24.9 Å². The van der Waals surface area contributed by atoms with Crippen LogP contribution in [-0.4, -0.2) is 36.8 Å². The maximum atomic E-state index is 11.9. The van der Waals surface area contributed by atoms with E-state index in [9.17, 15) is 28.7 Å². The van der Waals surface area contributed by atoms with Crippen molar-refractivity contribution in [2.45, 2.75) is 11.3 Å². The van der Waals surface area contributed by atoms with Crippen LogP contribution in [0.1, 0.15) is 6.42 Å². The van der Waals surface area contributed by atoms with E-state index in [0.717, 1.165) is 6.08 Å². The first-order chi connectivity index (χ1) is 9.15. The zero-order valence-electron chi connectivity index (χ0n) is 10.3. The van der Waals surface area contributed by atoms with Crippen molar-refractivity contribution in [3.8, 4) is 0 Å². The van der Waals surface area contributed by atoms with Crippen LogP contribution in [0.25, 0.3) is 0 Å². The monoisotopic (exact) mass is 339 g/mol. The van der Waals surface area contributed by atoms with Crippen LogP contribution >= 0.6 is 27.8 Å². The van der Waals surface area contributed by atoms with Crippen LogP contribution in [0.15, 0.2) is 35.1 Å². The van der Waals surface area contributed by atoms with Gasteiger partial charge in [-0.1, -0.05) is 12.2 Å². The van der Waals surface area contributed by atoms with Gasteiger partial charge in [0.2, 0.25) is 4.90 Å². The fourth-order valence-corrected chi connectivity index (χ4v) is 5.88. The number of thiol groups is 1. The van der Waals surface area contributed by atoms with Gasteiger partial charge in [-0.15, -0.1) is 0 Å². The van der Waals surface area contributed by atoms with Crippen LogP contribution in [0, 0.1) is 0 Å². The summed E-state index contributed by atoms with van der Waals surface area (Å²) in [7, 11) is -10.3. The molecule has 112 valence electrons. The summed E-state index contributed by atoms with van der Waals surface area (Å²) in [6, 6.07) is 0. The second-order valence-electron chi connectivity index (χ2n) is 4.52. The molecule has 7 nitrogen and oxygen atoms in total. The van der Waals surface area contributed by atoms with Gasteiger partial charge in [0.25, 0.3) is 0 Å². The van der Waals surface area contributed by atoms with Gasteiger partial charge in [-0.25, -0.2) is 0 Å². The van der Waals surface area contributed by atoms with E-state index in [0.29, 0.717) is 17.8 Å². The molecule has 1 heterocycles. The minimum Gasteiger partial charge on any atom is -0.381 e. The van der Waals surface area contributed by atoms with E-state index in [1.165, 1.54) is 0 Å². The topological polar surface area (TPSA) is 127 Å². The van der Waals surface area contributed by atoms with Gasteiger partial charge in [0.1, 0.15) is 0 Å². The Morgan fingerprint density at radius 1 is 1.25 bits per heavy atom. The maximum Gasteiger partial charge on any atom is 0.351 e. The van der Waals surface area contributed by atoms with Gasteiger partial charge in [0.05, 0.1) is 0 Å². The van der Waals surface area contributed by atoms with Crippen LogP contribution in [0.2, 0.25) is 0 Å². The van der Waals surface area contributed by atoms with Crippen LogP contribution in [0.4, 0.5) is 0 Å². The Kier molecular flexibility index (Phi) is 4.13. The zero-order valence-corrected chi connectivity index (χ0v) is 13.0. The first-order valence-electron chi connectivity index (χ1n) is 5.74. The summed E-state index contributed by atoms with van der Waals surface area (Å²) in [5.74, 6) is 0.215. The number of hydrogen-bond donors (Lipinski definition) is 6. The fourth-order valence-electron chi connectivity index (χ4n) is 2.53. The van der Waals surface area contributed by atoms with Crippen molar-refractivity contribution in [2.75, 3.05) is 12.3 Å². The Morgan fingerprint density at radius 2 is 1.85 bits per heavy atom. The van der Waals surface area contributed by atoms with Gasteiger partial charge >= 0.3 is 15.2 Å². The standard InChI is InChI=1S/C10H15NO6P2S/c12-18(13,14)10(19(15,16)17)6-7-2-1-4-11-9(7)8(10)3-5-20/h1-2,6,11,20H,3-5H2,(H2,12,13,14)(H2,15,16,17). The minimum atomic E-state index is -5.13. The van der Waals surface area contributed by atoms with E-state index in [1.807, 2.05) is 0 Å². The molecule has 0 spiro atoms. The fraction of sp³-hybridized carbons (Fsp3) is 0.400. The molecule has 1 aliphatic heterocycles. The van der Waals surface area contributed by atoms with Gasteiger partial charge in [0, 0.05) is 12.2 Å². The Hall–Kier alpha value is -0.330. The van der Waals surface area contributed by atoms with E-state index in [4.69, 9.17) is 0 Å². The Bertz CT molecular complexity index is 591. The van der Waals surface area contributed by atoms with Crippen molar-refractivity contribution in [2.24, 2.45) is 0 Å². The van der Waals surface area contributed by atoms with E-state index in [-0.39, 0.29) is 17.7 Å². The summed E-state index contributed by atoms with van der Waals surface area (Å²) in [5, 5.41) is 2.92. The van der Waals surface area contributed by atoms with Crippen molar-refractivity contribution in [3.05, 3.63) is 35.1 Å². The molecule has 0 unspecified atom stereocenters. The first kappa shape index (κ1) is 16.0. The highest BCUT2D eigenvalue weighted by Crippen LogP contribution is 2.75. The normalized spacial score (nSPS) is 21.6. The molecule has 2 aliphatic rings. The van der Waals surface area contributed by atoms with Gasteiger partial charge in [-0.3, -0.25) is 9.13 Å². The average Bonchev–Trinajstić information content (AvgIpc) is 2.65. The molecular formula is C10H15NO6P2S. The summed E-state index contributed by atoms with van der Waals surface area (Å²) < 4.78 is 23.8. The molecule has 20 heavy (non-hydrogen) atoms. The lowest BCUT2D eigenvalue weighted by molar-refractivity contribution is 0.330. The van der Waals surface area contributed by atoms with Gasteiger partial charge in [-0.05, 0) is 29.4 Å². The number of hydrogen-bond acceptors (Lipinski definition) is 4. The summed E-state index contributed by atoms with van der Waals surface area (Å²) in [6.07, 6.45) is 4.36. The maximum absolute atomic E-state index is 11.9. The van der Waals surface area contributed by atoms with Crippen LogP contribution in [-0.2, 0) is 9.13 Å². The van der Waals surface area contributed by atoms with Crippen molar-refractivity contribution >= 4 is 27.8 Å². The smallest absolute Gasteiger partial charge is 0.351 e. The number of rotatable bonds is 4. The highest BCUT2D eigenvalue weighted by atomic mass is 32.1. The first-order valence-corrected chi connectivity index (χ1v) is 9.60. The van der Waals surface area contributed by atoms with Gasteiger partial charge in [-0.2, -0.15) is 12.6 Å². The number of nitrogens with one attached hydrogen (secondary N) is 1. The summed E-state index contributed by atoms with van der Waals surface area (Å²) in [6.45, 7) is 0.432. The van der Waals surface area contributed by atoms with Crippen LogP contribution < -0.4 is 5.32 Å². The molecule has 5 N–H and O–H groups in total. The number of fused-ring (bicyclic) bond motifs is 1. The van der Waals surface area contributed by atoms with E-state index in [2.05, 4.69) is 17.9 Å². The van der Waals surface area contributed by atoms with E-state index < -0.39 is 20.1 Å². The van der Waals surface area contributed by atoms with Crippen molar-refractivity contribution in [1.82, 2.24) is 5.32 Å². The minimum absolute atomic E-state index is 0.0218. The second kappa shape index (κ2) is 5.14. The third kappa shape index (κ3) is 2.25. The Balaban J connectivity index is 2.79. The van der Waals surface area contributed by atoms with E-state index >= 15 is 0 Å². The lowest BCUT2D eigenvalue weighted by atomic mass is 10.1.